The van der Waals surface area contributed by atoms with Crippen LogP contribution in [0, 0.1) is 0 Å². The Morgan fingerprint density at radius 3 is 2.85 bits per heavy atom. The number of carboxylic acid groups (broad SMARTS) is 1. The minimum absolute atomic E-state index is 0.0511. The van der Waals surface area contributed by atoms with Crippen molar-refractivity contribution in [2.24, 2.45) is 0 Å². The Labute approximate surface area is 117 Å². The molecular formula is C13H18N4O3. The van der Waals surface area contributed by atoms with E-state index in [9.17, 15) is 9.59 Å². The number of hydrogen-bond acceptors (Lipinski definition) is 4. The number of nitrogens with one attached hydrogen (secondary N) is 2. The fourth-order valence-electron chi connectivity index (χ4n) is 2.23. The first kappa shape index (κ1) is 14.3. The number of pyridine rings is 1. The Bertz CT molecular complexity index is 489. The summed E-state index contributed by atoms with van der Waals surface area (Å²) in [7, 11) is 2.03. The number of carbonyl (C=O) groups is 2. The van der Waals surface area contributed by atoms with Crippen LogP contribution in [0.3, 0.4) is 0 Å². The summed E-state index contributed by atoms with van der Waals surface area (Å²) in [5.74, 6) is -1.09. The number of piperidine rings is 1. The van der Waals surface area contributed by atoms with Gasteiger partial charge in [0.25, 0.3) is 0 Å². The number of carboxylic acids is 1. The highest BCUT2D eigenvalue weighted by Gasteiger charge is 2.18. The summed E-state index contributed by atoms with van der Waals surface area (Å²) in [5.41, 5.74) is 0.418. The van der Waals surface area contributed by atoms with Gasteiger partial charge in [-0.3, -0.25) is 0 Å². The lowest BCUT2D eigenvalue weighted by Gasteiger charge is -2.30. The average molecular weight is 278 g/mol. The van der Waals surface area contributed by atoms with Crippen molar-refractivity contribution in [2.45, 2.75) is 18.9 Å². The van der Waals surface area contributed by atoms with Gasteiger partial charge in [0.1, 0.15) is 5.69 Å². The van der Waals surface area contributed by atoms with Crippen LogP contribution >= 0.6 is 0 Å². The Morgan fingerprint density at radius 1 is 1.45 bits per heavy atom. The molecule has 1 aliphatic rings. The second kappa shape index (κ2) is 6.33. The van der Waals surface area contributed by atoms with Crippen LogP contribution in [0.2, 0.25) is 0 Å². The number of aromatic nitrogens is 1. The fraction of sp³-hybridized carbons (Fsp3) is 0.462. The van der Waals surface area contributed by atoms with Crippen LogP contribution < -0.4 is 10.6 Å². The van der Waals surface area contributed by atoms with Crippen molar-refractivity contribution in [2.75, 3.05) is 25.5 Å². The number of likely N-dealkylation sites (tertiary alicyclic amines) is 1. The molecule has 2 heterocycles. The first-order chi connectivity index (χ1) is 9.54. The Hall–Kier alpha value is -2.15. The summed E-state index contributed by atoms with van der Waals surface area (Å²) >= 11 is 0. The van der Waals surface area contributed by atoms with E-state index < -0.39 is 5.97 Å². The van der Waals surface area contributed by atoms with Crippen LogP contribution in [0.4, 0.5) is 10.5 Å². The summed E-state index contributed by atoms with van der Waals surface area (Å²) in [6.45, 7) is 1.89. The molecule has 0 saturated carbocycles. The summed E-state index contributed by atoms with van der Waals surface area (Å²) in [5, 5.41) is 14.3. The normalized spacial score (nSPS) is 19.4. The lowest BCUT2D eigenvalue weighted by molar-refractivity contribution is 0.0690. The summed E-state index contributed by atoms with van der Waals surface area (Å²) < 4.78 is 0. The van der Waals surface area contributed by atoms with Crippen molar-refractivity contribution in [3.8, 4) is 0 Å². The summed E-state index contributed by atoms with van der Waals surface area (Å²) in [6.07, 6.45) is 3.36. The predicted molar refractivity (Wildman–Crippen MR) is 73.9 cm³/mol. The molecule has 2 rings (SSSR count). The Kier molecular flexibility index (Phi) is 4.52. The maximum absolute atomic E-state index is 11.8. The molecule has 108 valence electrons. The average Bonchev–Trinajstić information content (AvgIpc) is 2.39. The van der Waals surface area contributed by atoms with E-state index in [1.165, 1.54) is 18.3 Å². The smallest absolute Gasteiger partial charge is 0.354 e. The second-order valence-electron chi connectivity index (χ2n) is 4.94. The maximum Gasteiger partial charge on any atom is 0.354 e. The minimum Gasteiger partial charge on any atom is -0.477 e. The number of amides is 2. The van der Waals surface area contributed by atoms with Gasteiger partial charge in [-0.1, -0.05) is 0 Å². The zero-order valence-electron chi connectivity index (χ0n) is 11.3. The van der Waals surface area contributed by atoms with Gasteiger partial charge in [-0.25, -0.2) is 14.6 Å². The van der Waals surface area contributed by atoms with E-state index in [4.69, 9.17) is 5.11 Å². The molecule has 0 aromatic carbocycles. The fourth-order valence-corrected chi connectivity index (χ4v) is 2.23. The van der Waals surface area contributed by atoms with Gasteiger partial charge in [0, 0.05) is 12.6 Å². The molecule has 7 heteroatoms. The first-order valence-electron chi connectivity index (χ1n) is 6.50. The van der Waals surface area contributed by atoms with E-state index in [1.807, 2.05) is 7.05 Å². The van der Waals surface area contributed by atoms with E-state index >= 15 is 0 Å². The lowest BCUT2D eigenvalue weighted by Crippen LogP contribution is -2.47. The highest BCUT2D eigenvalue weighted by Crippen LogP contribution is 2.09. The third kappa shape index (κ3) is 3.92. The van der Waals surface area contributed by atoms with Gasteiger partial charge >= 0.3 is 12.0 Å². The van der Waals surface area contributed by atoms with Gasteiger partial charge in [0.2, 0.25) is 0 Å². The van der Waals surface area contributed by atoms with Gasteiger partial charge in [-0.05, 0) is 38.6 Å². The zero-order chi connectivity index (χ0) is 14.5. The number of likely N-dealkylation sites (N-methyl/N-ethyl adjacent to an activating group) is 1. The van der Waals surface area contributed by atoms with Crippen LogP contribution in [0.25, 0.3) is 0 Å². The van der Waals surface area contributed by atoms with Gasteiger partial charge in [0.05, 0.1) is 11.9 Å². The number of rotatable bonds is 3. The molecule has 2 amide bonds. The third-order valence-electron chi connectivity index (χ3n) is 3.20. The van der Waals surface area contributed by atoms with Crippen LogP contribution in [-0.4, -0.2) is 53.2 Å². The van der Waals surface area contributed by atoms with Crippen molar-refractivity contribution < 1.29 is 14.7 Å². The molecule has 1 saturated heterocycles. The number of carbonyl (C=O) groups excluding carboxylic acids is 1. The lowest BCUT2D eigenvalue weighted by atomic mass is 10.1. The van der Waals surface area contributed by atoms with Gasteiger partial charge in [-0.2, -0.15) is 0 Å². The molecule has 0 bridgehead atoms. The maximum atomic E-state index is 11.8. The van der Waals surface area contributed by atoms with Crippen molar-refractivity contribution in [1.29, 1.82) is 0 Å². The number of aromatic carboxylic acids is 1. The highest BCUT2D eigenvalue weighted by atomic mass is 16.4. The van der Waals surface area contributed by atoms with E-state index in [-0.39, 0.29) is 17.8 Å². The molecule has 1 fully saturated rings. The summed E-state index contributed by atoms with van der Waals surface area (Å²) in [4.78, 5) is 28.4. The highest BCUT2D eigenvalue weighted by molar-refractivity contribution is 5.90. The van der Waals surface area contributed by atoms with E-state index in [0.717, 1.165) is 25.9 Å². The van der Waals surface area contributed by atoms with Gasteiger partial charge in [0.15, 0.2) is 0 Å². The summed E-state index contributed by atoms with van der Waals surface area (Å²) in [6, 6.07) is 2.71. The molecule has 3 N–H and O–H groups in total. The number of hydrogen-bond donors (Lipinski definition) is 3. The van der Waals surface area contributed by atoms with Crippen LogP contribution in [0.1, 0.15) is 23.3 Å². The number of anilines is 1. The van der Waals surface area contributed by atoms with Gasteiger partial charge < -0.3 is 20.6 Å². The predicted octanol–water partition coefficient (Wildman–Crippen LogP) is 0.995. The number of urea groups is 1. The molecule has 1 aromatic rings. The van der Waals surface area contributed by atoms with Crippen molar-refractivity contribution in [1.82, 2.24) is 15.2 Å². The molecule has 7 nitrogen and oxygen atoms in total. The van der Waals surface area contributed by atoms with Crippen molar-refractivity contribution in [3.63, 3.8) is 0 Å². The zero-order valence-corrected chi connectivity index (χ0v) is 11.3. The third-order valence-corrected chi connectivity index (χ3v) is 3.20. The topological polar surface area (TPSA) is 94.6 Å². The molecule has 1 aromatic heterocycles. The molecule has 0 aliphatic carbocycles. The monoisotopic (exact) mass is 278 g/mol. The molecule has 0 spiro atoms. The van der Waals surface area contributed by atoms with Crippen LogP contribution in [-0.2, 0) is 0 Å². The van der Waals surface area contributed by atoms with E-state index in [0.29, 0.717) is 5.69 Å². The molecule has 0 radical (unpaired) electrons. The van der Waals surface area contributed by atoms with Crippen molar-refractivity contribution >= 4 is 17.7 Å². The molecule has 1 unspecified atom stereocenters. The standard InChI is InChI=1S/C13H18N4O3/c1-17-6-2-3-10(8-17)16-13(20)15-9-4-5-11(12(18)19)14-7-9/h4-5,7,10H,2-3,6,8H2,1H3,(H,18,19)(H2,15,16,20). The Morgan fingerprint density at radius 2 is 2.25 bits per heavy atom. The van der Waals surface area contributed by atoms with Crippen molar-refractivity contribution in [3.05, 3.63) is 24.0 Å². The minimum atomic E-state index is -1.09. The van der Waals surface area contributed by atoms with Crippen LogP contribution in [0.5, 0.6) is 0 Å². The SMILES string of the molecule is CN1CCCC(NC(=O)Nc2ccc(C(=O)O)nc2)C1. The van der Waals surface area contributed by atoms with Crippen LogP contribution in [0.15, 0.2) is 18.3 Å². The second-order valence-corrected chi connectivity index (χ2v) is 4.94. The van der Waals surface area contributed by atoms with Gasteiger partial charge in [-0.15, -0.1) is 0 Å². The number of nitrogens with zero attached hydrogens (tertiary/aromatic N) is 2. The molecule has 1 aliphatic heterocycles. The quantitative estimate of drug-likeness (QED) is 0.766. The molecule has 20 heavy (non-hydrogen) atoms. The van der Waals surface area contributed by atoms with E-state index in [1.54, 1.807) is 0 Å². The molecular weight excluding hydrogens is 260 g/mol. The molecule has 1 atom stereocenters. The Balaban J connectivity index is 1.86. The largest absolute Gasteiger partial charge is 0.477 e. The first-order valence-corrected chi connectivity index (χ1v) is 6.50. The van der Waals surface area contributed by atoms with E-state index in [2.05, 4.69) is 20.5 Å².